The van der Waals surface area contributed by atoms with Crippen molar-refractivity contribution >= 4 is 17.4 Å². The lowest BCUT2D eigenvalue weighted by molar-refractivity contribution is -0.146. The number of piperidine rings is 1. The standard InChI is InChI=1S/C24H28F3N7O2/c1-31-12-13-33(22(35)16-31)14-15-36-19-4-2-17(3-5-19)18-8-10-32(11-9-18)21-7-6-20-28-29-23(24(25,26)27)34(20)30-21/h2-7,18H,8-16H2,1H3. The van der Waals surface area contributed by atoms with Gasteiger partial charge in [0.25, 0.3) is 5.82 Å². The fourth-order valence-electron chi connectivity index (χ4n) is 4.74. The second-order valence-corrected chi connectivity index (χ2v) is 9.28. The van der Waals surface area contributed by atoms with E-state index in [0.717, 1.165) is 36.2 Å². The Morgan fingerprint density at radius 1 is 1.00 bits per heavy atom. The minimum atomic E-state index is -4.62. The Bertz CT molecular complexity index is 1210. The number of halogens is 3. The van der Waals surface area contributed by atoms with Crippen molar-refractivity contribution in [3.63, 3.8) is 0 Å². The van der Waals surface area contributed by atoms with Gasteiger partial charge in [0.2, 0.25) is 5.91 Å². The second kappa shape index (κ2) is 9.92. The Morgan fingerprint density at radius 3 is 2.44 bits per heavy atom. The third kappa shape index (κ3) is 5.23. The molecule has 0 unspecified atom stereocenters. The summed E-state index contributed by atoms with van der Waals surface area (Å²) in [7, 11) is 1.94. The maximum Gasteiger partial charge on any atom is 0.453 e. The van der Waals surface area contributed by atoms with Gasteiger partial charge < -0.3 is 14.5 Å². The molecular formula is C24H28F3N7O2. The van der Waals surface area contributed by atoms with E-state index in [1.54, 1.807) is 6.07 Å². The molecule has 0 radical (unpaired) electrons. The number of amides is 1. The van der Waals surface area contributed by atoms with Crippen molar-refractivity contribution in [1.82, 2.24) is 29.6 Å². The predicted octanol–water partition coefficient (Wildman–Crippen LogP) is 2.68. The Morgan fingerprint density at radius 2 is 1.75 bits per heavy atom. The van der Waals surface area contributed by atoms with Gasteiger partial charge >= 0.3 is 6.18 Å². The van der Waals surface area contributed by atoms with E-state index in [9.17, 15) is 18.0 Å². The first-order valence-electron chi connectivity index (χ1n) is 12.0. The first-order chi connectivity index (χ1) is 17.3. The molecule has 9 nitrogen and oxygen atoms in total. The number of hydrogen-bond donors (Lipinski definition) is 0. The normalized spacial score (nSPS) is 18.3. The molecule has 0 aliphatic carbocycles. The van der Waals surface area contributed by atoms with Crippen molar-refractivity contribution in [2.45, 2.75) is 24.9 Å². The number of anilines is 1. The van der Waals surface area contributed by atoms with E-state index in [2.05, 4.69) is 27.4 Å². The summed E-state index contributed by atoms with van der Waals surface area (Å²) in [6, 6.07) is 11.2. The van der Waals surface area contributed by atoms with Crippen LogP contribution in [0.25, 0.3) is 5.65 Å². The van der Waals surface area contributed by atoms with Crippen molar-refractivity contribution < 1.29 is 22.7 Å². The zero-order valence-corrected chi connectivity index (χ0v) is 20.0. The zero-order chi connectivity index (χ0) is 25.3. The molecule has 4 heterocycles. The Hall–Kier alpha value is -3.41. The monoisotopic (exact) mass is 503 g/mol. The smallest absolute Gasteiger partial charge is 0.453 e. The van der Waals surface area contributed by atoms with Crippen LogP contribution < -0.4 is 9.64 Å². The van der Waals surface area contributed by atoms with Crippen molar-refractivity contribution in [1.29, 1.82) is 0 Å². The molecule has 2 saturated heterocycles. The SMILES string of the molecule is CN1CCN(CCOc2ccc(C3CCN(c4ccc5nnc(C(F)(F)F)n5n4)CC3)cc2)C(=O)C1. The first kappa shape index (κ1) is 24.3. The topological polar surface area (TPSA) is 79.1 Å². The van der Waals surface area contributed by atoms with Crippen molar-refractivity contribution in [3.8, 4) is 5.75 Å². The van der Waals surface area contributed by atoms with Gasteiger partial charge in [0, 0.05) is 26.2 Å². The van der Waals surface area contributed by atoms with Gasteiger partial charge in [-0.2, -0.15) is 17.7 Å². The highest BCUT2D eigenvalue weighted by molar-refractivity contribution is 5.78. The van der Waals surface area contributed by atoms with Gasteiger partial charge in [-0.3, -0.25) is 9.69 Å². The minimum Gasteiger partial charge on any atom is -0.492 e. The van der Waals surface area contributed by atoms with Crippen LogP contribution in [0, 0.1) is 0 Å². The maximum absolute atomic E-state index is 13.2. The average molecular weight is 504 g/mol. The summed E-state index contributed by atoms with van der Waals surface area (Å²) in [5.41, 5.74) is 1.27. The van der Waals surface area contributed by atoms with E-state index in [1.165, 1.54) is 11.6 Å². The van der Waals surface area contributed by atoms with Crippen LogP contribution in [0.3, 0.4) is 0 Å². The highest BCUT2D eigenvalue weighted by Gasteiger charge is 2.38. The maximum atomic E-state index is 13.2. The van der Waals surface area contributed by atoms with Crippen molar-refractivity contribution in [3.05, 3.63) is 47.8 Å². The number of aromatic nitrogens is 4. The van der Waals surface area contributed by atoms with Crippen LogP contribution in [0.4, 0.5) is 19.0 Å². The summed E-state index contributed by atoms with van der Waals surface area (Å²) in [6.07, 6.45) is -2.89. The number of carbonyl (C=O) groups excluding carboxylic acids is 1. The molecule has 0 atom stereocenters. The van der Waals surface area contributed by atoms with Gasteiger partial charge in [0.1, 0.15) is 18.2 Å². The highest BCUT2D eigenvalue weighted by atomic mass is 19.4. The van der Waals surface area contributed by atoms with E-state index >= 15 is 0 Å². The Kier molecular flexibility index (Phi) is 6.69. The molecule has 2 aliphatic heterocycles. The first-order valence-corrected chi connectivity index (χ1v) is 12.0. The number of alkyl halides is 3. The van der Waals surface area contributed by atoms with Crippen LogP contribution in [0.15, 0.2) is 36.4 Å². The highest BCUT2D eigenvalue weighted by Crippen LogP contribution is 2.32. The van der Waals surface area contributed by atoms with Gasteiger partial charge in [0.15, 0.2) is 5.65 Å². The number of nitrogens with zero attached hydrogens (tertiary/aromatic N) is 7. The lowest BCUT2D eigenvalue weighted by atomic mass is 9.89. The van der Waals surface area contributed by atoms with Crippen molar-refractivity contribution in [2.24, 2.45) is 0 Å². The third-order valence-electron chi connectivity index (χ3n) is 6.81. The number of rotatable bonds is 6. The molecule has 5 rings (SSSR count). The van der Waals surface area contributed by atoms with Gasteiger partial charge in [-0.25, -0.2) is 0 Å². The Labute approximate surface area is 206 Å². The molecule has 0 N–H and O–H groups in total. The number of likely N-dealkylation sites (N-methyl/N-ethyl adjacent to an activating group) is 1. The molecule has 0 saturated carbocycles. The molecule has 2 fully saturated rings. The summed E-state index contributed by atoms with van der Waals surface area (Å²) >= 11 is 0. The van der Waals surface area contributed by atoms with E-state index in [0.29, 0.717) is 44.5 Å². The van der Waals surface area contributed by atoms with Gasteiger partial charge in [-0.1, -0.05) is 12.1 Å². The molecule has 1 aromatic carbocycles. The molecule has 1 amide bonds. The summed E-state index contributed by atoms with van der Waals surface area (Å²) in [5, 5.41) is 11.0. The lowest BCUT2D eigenvalue weighted by Gasteiger charge is -2.33. The van der Waals surface area contributed by atoms with E-state index in [1.807, 2.05) is 33.9 Å². The molecule has 12 heteroatoms. The van der Waals surface area contributed by atoms with Crippen LogP contribution in [0.5, 0.6) is 5.75 Å². The number of fused-ring (bicyclic) bond motifs is 1. The summed E-state index contributed by atoms with van der Waals surface area (Å²) in [5.74, 6) is 0.611. The van der Waals surface area contributed by atoms with Crippen LogP contribution in [-0.2, 0) is 11.0 Å². The van der Waals surface area contributed by atoms with Gasteiger partial charge in [-0.05, 0) is 55.6 Å². The van der Waals surface area contributed by atoms with Crippen LogP contribution in [0.1, 0.15) is 30.1 Å². The van der Waals surface area contributed by atoms with Gasteiger partial charge in [-0.15, -0.1) is 15.3 Å². The lowest BCUT2D eigenvalue weighted by Crippen LogP contribution is -2.49. The second-order valence-electron chi connectivity index (χ2n) is 9.28. The molecule has 36 heavy (non-hydrogen) atoms. The number of piperazine rings is 1. The molecule has 0 spiro atoms. The minimum absolute atomic E-state index is 0.0680. The van der Waals surface area contributed by atoms with E-state index < -0.39 is 12.0 Å². The molecule has 3 aromatic rings. The number of hydrogen-bond acceptors (Lipinski definition) is 7. The van der Waals surface area contributed by atoms with E-state index in [4.69, 9.17) is 4.74 Å². The van der Waals surface area contributed by atoms with Crippen LogP contribution in [-0.4, -0.2) is 88.4 Å². The van der Waals surface area contributed by atoms with E-state index in [-0.39, 0.29) is 11.6 Å². The van der Waals surface area contributed by atoms with Crippen molar-refractivity contribution in [2.75, 3.05) is 57.8 Å². The van der Waals surface area contributed by atoms with Crippen LogP contribution in [0.2, 0.25) is 0 Å². The number of ether oxygens (including phenoxy) is 1. The molecule has 2 aliphatic rings. The Balaban J connectivity index is 1.14. The molecule has 192 valence electrons. The van der Waals surface area contributed by atoms with Gasteiger partial charge in [0.05, 0.1) is 13.1 Å². The fraction of sp³-hybridized carbons (Fsp3) is 0.500. The summed E-state index contributed by atoms with van der Waals surface area (Å²) < 4.78 is 46.1. The fourth-order valence-corrected chi connectivity index (χ4v) is 4.74. The van der Waals surface area contributed by atoms with Crippen LogP contribution >= 0.6 is 0 Å². The molecular weight excluding hydrogens is 475 g/mol. The summed E-state index contributed by atoms with van der Waals surface area (Å²) in [6.45, 7) is 4.45. The quantitative estimate of drug-likeness (QED) is 0.512. The summed E-state index contributed by atoms with van der Waals surface area (Å²) in [4.78, 5) is 17.9. The third-order valence-corrected chi connectivity index (χ3v) is 6.81. The largest absolute Gasteiger partial charge is 0.492 e. The number of carbonyl (C=O) groups is 1. The number of benzene rings is 1. The average Bonchev–Trinajstić information content (AvgIpc) is 3.30. The molecule has 2 aromatic heterocycles. The molecule has 0 bridgehead atoms. The zero-order valence-electron chi connectivity index (χ0n) is 20.0. The predicted molar refractivity (Wildman–Crippen MR) is 126 cm³/mol.